The molecule has 2 aromatic rings. The summed E-state index contributed by atoms with van der Waals surface area (Å²) in [4.78, 5) is 53.8. The molecule has 10 nitrogen and oxygen atoms in total. The fraction of sp³-hybridized carbons (Fsp3) is 0.500. The first-order chi connectivity index (χ1) is 21.3. The van der Waals surface area contributed by atoms with Crippen LogP contribution in [0.1, 0.15) is 43.4 Å². The Kier molecular flexibility index (Phi) is 13.4. The Hall–Kier alpha value is -3.97. The Bertz CT molecular complexity index is 1270. The number of ether oxygens (including phenoxy) is 1. The van der Waals surface area contributed by atoms with Crippen LogP contribution in [0.2, 0.25) is 0 Å². The zero-order valence-corrected chi connectivity index (χ0v) is 25.4. The maximum atomic E-state index is 13.6. The van der Waals surface area contributed by atoms with Gasteiger partial charge in [0.15, 0.2) is 0 Å². The van der Waals surface area contributed by atoms with E-state index in [0.717, 1.165) is 29.8 Å². The van der Waals surface area contributed by atoms with Crippen molar-refractivity contribution in [2.75, 3.05) is 32.8 Å². The molecule has 0 unspecified atom stereocenters. The highest BCUT2D eigenvalue weighted by Crippen LogP contribution is 2.29. The maximum Gasteiger partial charge on any atom is 0.416 e. The second kappa shape index (κ2) is 16.9. The van der Waals surface area contributed by atoms with Crippen molar-refractivity contribution >= 4 is 23.7 Å². The van der Waals surface area contributed by atoms with E-state index in [2.05, 4.69) is 16.0 Å². The van der Waals surface area contributed by atoms with E-state index in [-0.39, 0.29) is 43.2 Å². The van der Waals surface area contributed by atoms with Gasteiger partial charge >= 0.3 is 12.1 Å². The molecule has 0 bridgehead atoms. The van der Waals surface area contributed by atoms with Crippen molar-refractivity contribution in [2.45, 2.75) is 63.8 Å². The summed E-state index contributed by atoms with van der Waals surface area (Å²) in [5, 5.41) is 17.7. The van der Waals surface area contributed by atoms with Crippen LogP contribution in [0.15, 0.2) is 54.6 Å². The average Bonchev–Trinajstić information content (AvgIpc) is 2.99. The van der Waals surface area contributed by atoms with Crippen LogP contribution < -0.4 is 16.0 Å². The van der Waals surface area contributed by atoms with Gasteiger partial charge in [0.25, 0.3) is 0 Å². The van der Waals surface area contributed by atoms with Crippen molar-refractivity contribution in [3.63, 3.8) is 0 Å². The van der Waals surface area contributed by atoms with Crippen molar-refractivity contribution in [3.05, 3.63) is 71.3 Å². The Morgan fingerprint density at radius 2 is 1.44 bits per heavy atom. The summed E-state index contributed by atoms with van der Waals surface area (Å²) in [6.07, 6.45) is -3.89. The van der Waals surface area contributed by atoms with Gasteiger partial charge in [0.2, 0.25) is 17.7 Å². The van der Waals surface area contributed by atoms with Crippen LogP contribution in [-0.2, 0) is 42.9 Å². The van der Waals surface area contributed by atoms with Gasteiger partial charge in [0, 0.05) is 19.5 Å². The molecule has 0 saturated carbocycles. The smallest absolute Gasteiger partial charge is 0.416 e. The SMILES string of the molecule is CC(C)C[C@H](NC(=O)[C@H](CCc1ccccc1)NC(=O)CN1CCOCC1)C(=O)N[C@@H](Cc1ccc(C(F)(F)F)cc1)C(=O)O. The summed E-state index contributed by atoms with van der Waals surface area (Å²) in [5.74, 6) is -3.14. The lowest BCUT2D eigenvalue weighted by atomic mass is 9.99. The average molecular weight is 635 g/mol. The third-order valence-corrected chi connectivity index (χ3v) is 7.36. The molecule has 0 aromatic heterocycles. The minimum atomic E-state index is -4.54. The third-order valence-electron chi connectivity index (χ3n) is 7.36. The highest BCUT2D eigenvalue weighted by atomic mass is 19.4. The van der Waals surface area contributed by atoms with Crippen LogP contribution in [0.5, 0.6) is 0 Å². The number of carbonyl (C=O) groups is 4. The molecule has 1 fully saturated rings. The lowest BCUT2D eigenvalue weighted by molar-refractivity contribution is -0.142. The van der Waals surface area contributed by atoms with Gasteiger partial charge in [0.05, 0.1) is 25.3 Å². The van der Waals surface area contributed by atoms with Crippen molar-refractivity contribution in [1.29, 1.82) is 0 Å². The molecule has 0 spiro atoms. The fourth-order valence-corrected chi connectivity index (χ4v) is 4.94. The molecule has 0 aliphatic carbocycles. The number of benzene rings is 2. The van der Waals surface area contributed by atoms with Gasteiger partial charge < -0.3 is 25.8 Å². The van der Waals surface area contributed by atoms with Crippen molar-refractivity contribution in [3.8, 4) is 0 Å². The molecule has 3 atom stereocenters. The number of alkyl halides is 3. The van der Waals surface area contributed by atoms with E-state index in [4.69, 9.17) is 4.74 Å². The lowest BCUT2D eigenvalue weighted by Crippen LogP contribution is -2.57. The van der Waals surface area contributed by atoms with Gasteiger partial charge in [-0.1, -0.05) is 56.3 Å². The summed E-state index contributed by atoms with van der Waals surface area (Å²) in [5.41, 5.74) is 0.367. The summed E-state index contributed by atoms with van der Waals surface area (Å²) in [6.45, 7) is 5.93. The minimum Gasteiger partial charge on any atom is -0.480 e. The number of nitrogens with zero attached hydrogens (tertiary/aromatic N) is 1. The van der Waals surface area contributed by atoms with E-state index in [9.17, 15) is 37.5 Å². The number of rotatable bonds is 15. The van der Waals surface area contributed by atoms with Crippen molar-refractivity contribution in [2.24, 2.45) is 5.92 Å². The zero-order chi connectivity index (χ0) is 33.0. The normalized spacial score (nSPS) is 16.0. The van der Waals surface area contributed by atoms with Crippen molar-refractivity contribution < 1.29 is 42.2 Å². The quantitative estimate of drug-likeness (QED) is 0.237. The fourth-order valence-electron chi connectivity index (χ4n) is 4.94. The van der Waals surface area contributed by atoms with E-state index >= 15 is 0 Å². The molecular weight excluding hydrogens is 593 g/mol. The molecule has 13 heteroatoms. The van der Waals surface area contributed by atoms with Crippen LogP contribution in [0.25, 0.3) is 0 Å². The first-order valence-corrected chi connectivity index (χ1v) is 14.9. The molecule has 3 amide bonds. The van der Waals surface area contributed by atoms with Gasteiger partial charge in [-0.05, 0) is 48.4 Å². The topological polar surface area (TPSA) is 137 Å². The minimum absolute atomic E-state index is 0.0714. The summed E-state index contributed by atoms with van der Waals surface area (Å²) in [7, 11) is 0. The number of carbonyl (C=O) groups excluding carboxylic acids is 3. The number of hydrogen-bond acceptors (Lipinski definition) is 6. The van der Waals surface area contributed by atoms with Crippen molar-refractivity contribution in [1.82, 2.24) is 20.9 Å². The molecule has 1 aliphatic rings. The Labute approximate surface area is 260 Å². The zero-order valence-electron chi connectivity index (χ0n) is 25.4. The molecule has 246 valence electrons. The molecule has 4 N–H and O–H groups in total. The molecule has 45 heavy (non-hydrogen) atoms. The number of aliphatic carboxylic acids is 1. The van der Waals surface area contributed by atoms with Crippen LogP contribution >= 0.6 is 0 Å². The summed E-state index contributed by atoms with van der Waals surface area (Å²) < 4.78 is 44.1. The number of hydrogen-bond donors (Lipinski definition) is 4. The second-order valence-electron chi connectivity index (χ2n) is 11.5. The monoisotopic (exact) mass is 634 g/mol. The van der Waals surface area contributed by atoms with Crippen LogP contribution in [0.3, 0.4) is 0 Å². The number of amides is 3. The van der Waals surface area contributed by atoms with E-state index in [0.29, 0.717) is 32.7 Å². The second-order valence-corrected chi connectivity index (χ2v) is 11.5. The summed E-state index contributed by atoms with van der Waals surface area (Å²) >= 11 is 0. The van der Waals surface area contributed by atoms with E-state index < -0.39 is 47.6 Å². The Morgan fingerprint density at radius 3 is 2.02 bits per heavy atom. The predicted octanol–water partition coefficient (Wildman–Crippen LogP) is 2.80. The molecule has 1 saturated heterocycles. The van der Waals surface area contributed by atoms with Gasteiger partial charge in [-0.2, -0.15) is 13.2 Å². The summed E-state index contributed by atoms with van der Waals surface area (Å²) in [6, 6.07) is 9.89. The Balaban J connectivity index is 1.71. The molecule has 1 aliphatic heterocycles. The number of halogens is 3. The number of morpholine rings is 1. The maximum absolute atomic E-state index is 13.6. The number of aryl methyl sites for hydroxylation is 1. The standard InChI is InChI=1S/C32H41F3N4O6/c1-21(2)18-26(30(42)38-27(31(43)44)19-23-8-11-24(12-9-23)32(33,34)35)37-29(41)25(13-10-22-6-4-3-5-7-22)36-28(40)20-39-14-16-45-17-15-39/h3-9,11-12,21,25-27H,10,13-20H2,1-2H3,(H,36,40)(H,37,41)(H,38,42)(H,43,44)/t25-,26-,27-/m0/s1. The van der Waals surface area contributed by atoms with Gasteiger partial charge in [-0.25, -0.2) is 4.79 Å². The van der Waals surface area contributed by atoms with Gasteiger partial charge in [-0.15, -0.1) is 0 Å². The van der Waals surface area contributed by atoms with Gasteiger partial charge in [0.1, 0.15) is 18.1 Å². The number of carboxylic acids is 1. The third kappa shape index (κ3) is 12.1. The number of nitrogens with one attached hydrogen (secondary N) is 3. The van der Waals surface area contributed by atoms with E-state index in [1.54, 1.807) is 0 Å². The molecule has 0 radical (unpaired) electrons. The van der Waals surface area contributed by atoms with Crippen LogP contribution in [-0.4, -0.2) is 84.7 Å². The Morgan fingerprint density at radius 1 is 0.844 bits per heavy atom. The largest absolute Gasteiger partial charge is 0.480 e. The molecular formula is C32H41F3N4O6. The van der Waals surface area contributed by atoms with E-state index in [1.165, 1.54) is 0 Å². The highest BCUT2D eigenvalue weighted by Gasteiger charge is 2.32. The molecule has 3 rings (SSSR count). The van der Waals surface area contributed by atoms with Crippen LogP contribution in [0.4, 0.5) is 13.2 Å². The first kappa shape index (κ1) is 35.5. The van der Waals surface area contributed by atoms with E-state index in [1.807, 2.05) is 49.1 Å². The van der Waals surface area contributed by atoms with Crippen LogP contribution in [0, 0.1) is 5.92 Å². The first-order valence-electron chi connectivity index (χ1n) is 14.9. The predicted molar refractivity (Wildman–Crippen MR) is 160 cm³/mol. The molecule has 1 heterocycles. The highest BCUT2D eigenvalue weighted by molar-refractivity contribution is 5.93. The molecule has 2 aromatic carbocycles. The van der Waals surface area contributed by atoms with Gasteiger partial charge in [-0.3, -0.25) is 19.3 Å². The number of carboxylic acid groups (broad SMARTS) is 1. The lowest BCUT2D eigenvalue weighted by Gasteiger charge is -2.28.